The molecule has 25 nitrogen and oxygen atoms in total. The van der Waals surface area contributed by atoms with Crippen LogP contribution in [0.25, 0.3) is 43.2 Å². The van der Waals surface area contributed by atoms with Crippen molar-refractivity contribution in [2.75, 3.05) is 78.6 Å². The molecule has 524 valence electrons. The van der Waals surface area contributed by atoms with Crippen LogP contribution in [0.4, 0.5) is 10.1 Å². The van der Waals surface area contributed by atoms with E-state index in [1.165, 1.54) is 54.9 Å². The Bertz CT molecular complexity index is 4500. The number of likely N-dealkylation sites (N-methyl/N-ethyl adjacent to an activating group) is 1. The molecule has 3 aromatic heterocycles. The number of para-hydroxylation sites is 2. The van der Waals surface area contributed by atoms with Gasteiger partial charge in [0.1, 0.15) is 77.1 Å². The van der Waals surface area contributed by atoms with E-state index in [4.69, 9.17) is 40.3 Å². The molecular formula is C71H74ClFN10O15S2. The predicted molar refractivity (Wildman–Crippen MR) is 368 cm³/mol. The number of piperazine rings is 1. The summed E-state index contributed by atoms with van der Waals surface area (Å²) in [6.07, 6.45) is 3.33. The van der Waals surface area contributed by atoms with Gasteiger partial charge in [-0.05, 0) is 103 Å². The number of hydrogen-bond donors (Lipinski definition) is 4. The summed E-state index contributed by atoms with van der Waals surface area (Å²) in [6.45, 7) is 10.0. The van der Waals surface area contributed by atoms with E-state index in [2.05, 4.69) is 35.8 Å². The number of carbonyl (C=O) groups is 6. The maximum atomic E-state index is 14.5. The highest BCUT2D eigenvalue weighted by molar-refractivity contribution is 7.85. The topological polar surface area (TPSA) is 320 Å². The minimum atomic E-state index is -4.80. The molecule has 29 heteroatoms. The van der Waals surface area contributed by atoms with Crippen LogP contribution in [0.1, 0.15) is 49.6 Å². The number of nitrogens with zero attached hydrogens (tertiary/aromatic N) is 7. The molecular weight excluding hydrogens is 1350 g/mol. The van der Waals surface area contributed by atoms with Gasteiger partial charge in [-0.2, -0.15) is 8.42 Å². The van der Waals surface area contributed by atoms with Gasteiger partial charge in [0.15, 0.2) is 5.82 Å². The van der Waals surface area contributed by atoms with Crippen LogP contribution in [0.2, 0.25) is 5.02 Å². The van der Waals surface area contributed by atoms with E-state index >= 15 is 0 Å². The number of amides is 5. The first kappa shape index (κ1) is 72.9. The highest BCUT2D eigenvalue weighted by atomic mass is 35.5. The van der Waals surface area contributed by atoms with E-state index in [9.17, 15) is 51.2 Å². The smallest absolute Gasteiger partial charge is 0.295 e. The van der Waals surface area contributed by atoms with Gasteiger partial charge in [-0.1, -0.05) is 74.0 Å². The number of halogens is 2. The summed E-state index contributed by atoms with van der Waals surface area (Å²) in [5.74, 6) is -3.32. The van der Waals surface area contributed by atoms with Crippen LogP contribution in [-0.4, -0.2) is 174 Å². The van der Waals surface area contributed by atoms with Gasteiger partial charge in [0.05, 0.1) is 74.6 Å². The number of anilines is 1. The van der Waals surface area contributed by atoms with Crippen molar-refractivity contribution in [1.29, 1.82) is 0 Å². The van der Waals surface area contributed by atoms with Crippen LogP contribution < -0.4 is 40.0 Å². The lowest BCUT2D eigenvalue weighted by atomic mass is 9.96. The molecule has 4 N–H and O–H groups in total. The fourth-order valence-corrected chi connectivity index (χ4v) is 13.7. The molecule has 5 aromatic carbocycles. The summed E-state index contributed by atoms with van der Waals surface area (Å²) >= 11 is 8.48. The normalized spacial score (nSPS) is 14.8. The quantitative estimate of drug-likeness (QED) is 0.0142. The van der Waals surface area contributed by atoms with Crippen molar-refractivity contribution in [2.24, 2.45) is 5.92 Å². The van der Waals surface area contributed by atoms with Crippen LogP contribution in [-0.2, 0) is 63.2 Å². The van der Waals surface area contributed by atoms with E-state index in [1.54, 1.807) is 75.7 Å². The minimum absolute atomic E-state index is 0.0132. The Morgan fingerprint density at radius 1 is 0.810 bits per heavy atom. The first-order valence-electron chi connectivity index (χ1n) is 32.0. The third-order valence-electron chi connectivity index (χ3n) is 17.1. The van der Waals surface area contributed by atoms with E-state index in [0.29, 0.717) is 125 Å². The minimum Gasteiger partial charge on any atom is -0.546 e. The van der Waals surface area contributed by atoms with Gasteiger partial charge in [-0.25, -0.2) is 24.3 Å². The van der Waals surface area contributed by atoms with Crippen LogP contribution in [0.15, 0.2) is 139 Å². The van der Waals surface area contributed by atoms with Gasteiger partial charge in [0.2, 0.25) is 23.6 Å². The Labute approximate surface area is 585 Å². The Balaban J connectivity index is 0.755. The maximum absolute atomic E-state index is 14.5. The average Bonchev–Trinajstić information content (AvgIpc) is 1.58. The molecule has 0 bridgehead atoms. The number of thiophene rings is 1. The number of methoxy groups -OCH3 is 1. The number of aromatic nitrogens is 4. The van der Waals surface area contributed by atoms with Crippen molar-refractivity contribution in [3.05, 3.63) is 167 Å². The molecule has 2 aliphatic heterocycles. The van der Waals surface area contributed by atoms with Crippen molar-refractivity contribution in [2.45, 2.75) is 76.8 Å². The van der Waals surface area contributed by atoms with Crippen molar-refractivity contribution in [3.63, 3.8) is 0 Å². The third-order valence-corrected chi connectivity index (χ3v) is 19.7. The number of carbonyl (C=O) groups excluding carboxylic acids is 6. The Morgan fingerprint density at radius 2 is 1.53 bits per heavy atom. The number of rotatable bonds is 31. The first-order chi connectivity index (χ1) is 47.9. The first-order valence-corrected chi connectivity index (χ1v) is 34.7. The molecule has 0 unspecified atom stereocenters. The maximum Gasteiger partial charge on any atom is 0.295 e. The lowest BCUT2D eigenvalue weighted by Crippen LogP contribution is -2.57. The van der Waals surface area contributed by atoms with Crippen molar-refractivity contribution < 1.29 is 79.4 Å². The summed E-state index contributed by atoms with van der Waals surface area (Å²) in [7, 11) is -1.25. The van der Waals surface area contributed by atoms with Crippen LogP contribution in [0.3, 0.4) is 0 Å². The number of carboxylic acid groups (broad SMARTS) is 1. The number of quaternary nitrogens is 1. The molecule has 0 saturated carbocycles. The molecule has 0 aliphatic carbocycles. The molecule has 5 heterocycles. The molecule has 10 rings (SSSR count). The molecule has 100 heavy (non-hydrogen) atoms. The van der Waals surface area contributed by atoms with Crippen LogP contribution in [0.5, 0.6) is 23.1 Å². The largest absolute Gasteiger partial charge is 0.546 e. The Morgan fingerprint density at radius 3 is 2.24 bits per heavy atom. The number of imide groups is 1. The summed E-state index contributed by atoms with van der Waals surface area (Å²) in [6, 6.07) is 27.6. The molecule has 2 aliphatic rings. The number of hydrogen-bond acceptors (Lipinski definition) is 20. The molecule has 1 saturated heterocycles. The van der Waals surface area contributed by atoms with Crippen LogP contribution in [0, 0.1) is 18.7 Å². The molecule has 5 amide bonds. The second-order valence-electron chi connectivity index (χ2n) is 24.6. The lowest BCUT2D eigenvalue weighted by molar-refractivity contribution is -0.926. The summed E-state index contributed by atoms with van der Waals surface area (Å²) in [5, 5.41) is 21.7. The van der Waals surface area contributed by atoms with Gasteiger partial charge in [-0.3, -0.25) is 38.3 Å². The zero-order valence-corrected chi connectivity index (χ0v) is 58.0. The molecule has 0 radical (unpaired) electrons. The number of aliphatic carboxylic acids is 1. The van der Waals surface area contributed by atoms with Gasteiger partial charge < -0.3 is 54.0 Å². The molecule has 1 fully saturated rings. The van der Waals surface area contributed by atoms with Crippen LogP contribution >= 0.6 is 22.9 Å². The van der Waals surface area contributed by atoms with Gasteiger partial charge in [0, 0.05) is 72.5 Å². The van der Waals surface area contributed by atoms with Gasteiger partial charge >= 0.3 is 0 Å². The van der Waals surface area contributed by atoms with E-state index in [1.807, 2.05) is 44.3 Å². The summed E-state index contributed by atoms with van der Waals surface area (Å²) < 4.78 is 81.1. The summed E-state index contributed by atoms with van der Waals surface area (Å²) in [5.41, 5.74) is 4.57. The zero-order valence-electron chi connectivity index (χ0n) is 55.6. The number of benzene rings is 5. The van der Waals surface area contributed by atoms with E-state index in [-0.39, 0.29) is 68.8 Å². The highest BCUT2D eigenvalue weighted by Gasteiger charge is 2.34. The van der Waals surface area contributed by atoms with E-state index < -0.39 is 75.5 Å². The van der Waals surface area contributed by atoms with Crippen molar-refractivity contribution >= 4 is 84.5 Å². The fourth-order valence-electron chi connectivity index (χ4n) is 11.6. The Hall–Kier alpha value is -9.81. The monoisotopic (exact) mass is 1420 g/mol. The third kappa shape index (κ3) is 18.0. The standard InChI is InChI=1S/C71H74ClFN10O15S2/c1-42(2)64(80-58(84)26-34-95-35-31-82-59(85)23-24-60(82)86)68(88)77-44(4)67(87)79-49-20-17-47(57(38-49)100(91,92)93)39-83(5)32-28-81(29-33-83)30-36-96-55-22-21-51(43(3)63(55)72)61-62-69(75-41-76-70(62)99-65(61)45-15-18-48(73)19-16-45)98-56(71(89)90)37-46-11-7-9-13-53(46)97-40-50-25-27-74-66(78-50)52-12-8-10-14-54(52)94-6/h7-25,27,38,41-42,44,56,64H,26,28-37,39-40H2,1-6H3,(H4-,77,79,80,84,87,88,89,90,91,92,93)/t44-,56+,64-/m0/s1. The predicted octanol–water partition coefficient (Wildman–Crippen LogP) is 7.41. The zero-order chi connectivity index (χ0) is 71.4. The fraction of sp³-hybridized carbons (Fsp3) is 0.324. The number of ether oxygens (including phenoxy) is 5. The van der Waals surface area contributed by atoms with E-state index in [0.717, 1.165) is 17.1 Å². The average molecular weight is 1430 g/mol. The SMILES string of the molecule is COc1ccccc1-c1nccc(COc2ccccc2C[C@@H](Oc2ncnc3sc(-c4ccc(F)cc4)c(-c4ccc(OCCN5CC[N+](C)(Cc6ccc(NC(=O)[C@H](C)NC(=O)[C@@H](NC(=O)CCOCCN7C(=O)C=CC7=O)C(C)C)cc6S(=O)(=O)O)CC5)c(Cl)c4C)c23)C(=O)[O-])n1. The van der Waals surface area contributed by atoms with Crippen molar-refractivity contribution in [1.82, 2.24) is 40.4 Å². The van der Waals surface area contributed by atoms with Crippen molar-refractivity contribution in [3.8, 4) is 56.1 Å². The van der Waals surface area contributed by atoms with Gasteiger partial charge in [0.25, 0.3) is 21.9 Å². The summed E-state index contributed by atoms with van der Waals surface area (Å²) in [4.78, 5) is 98.3. The molecule has 0 spiro atoms. The second-order valence-corrected chi connectivity index (χ2v) is 27.3. The number of fused-ring (bicyclic) bond motifs is 1. The number of nitrogens with one attached hydrogen (secondary N) is 3. The molecule has 3 atom stereocenters. The molecule has 8 aromatic rings. The Kier molecular flexibility index (Phi) is 23.7. The lowest BCUT2D eigenvalue weighted by Gasteiger charge is -2.42. The highest BCUT2D eigenvalue weighted by Crippen LogP contribution is 2.50. The second kappa shape index (κ2) is 32.5. The number of carboxylic acids is 1. The van der Waals surface area contributed by atoms with Gasteiger partial charge in [-0.15, -0.1) is 11.3 Å².